The van der Waals surface area contributed by atoms with Gasteiger partial charge in [0.1, 0.15) is 0 Å². The molecular weight excluding hydrogens is 301 g/mol. The number of nitro groups is 1. The minimum Gasteiger partial charge on any atom is -0.308 e. The van der Waals surface area contributed by atoms with E-state index in [1.165, 1.54) is 4.90 Å². The van der Waals surface area contributed by atoms with E-state index in [0.29, 0.717) is 6.07 Å². The first-order valence-corrected chi connectivity index (χ1v) is 6.94. The number of hydrogen-bond donors (Lipinski definition) is 0. The number of hydrogen-bond acceptors (Lipinski definition) is 3. The molecule has 5 nitrogen and oxygen atoms in total. The Balaban J connectivity index is 1.82. The van der Waals surface area contributed by atoms with Crippen molar-refractivity contribution in [2.75, 3.05) is 4.90 Å². The highest BCUT2D eigenvalue weighted by atomic mass is 19.4. The summed E-state index contributed by atoms with van der Waals surface area (Å²) in [5, 5.41) is 10.7. The van der Waals surface area contributed by atoms with Crippen molar-refractivity contribution in [1.29, 1.82) is 0 Å². The number of non-ortho nitro benzene ring substituents is 1. The Hall–Kier alpha value is -2.12. The summed E-state index contributed by atoms with van der Waals surface area (Å²) in [5.74, 6) is -0.448. The van der Waals surface area contributed by atoms with Crippen molar-refractivity contribution in [2.24, 2.45) is 11.3 Å². The molecular formula is C14H11F3N2O3. The second kappa shape index (κ2) is 3.80. The first-order valence-electron chi connectivity index (χ1n) is 6.94. The standard InChI is InChI=1S/C14H11F3N2O3/c15-14(16,17)9-5-7(19(21)22)1-2-10(9)18-11-6-13(11)4-3-8(13)12(18)20/h1-2,5,8,11H,3-4,6H2. The van der Waals surface area contributed by atoms with Crippen LogP contribution in [0, 0.1) is 21.4 Å². The zero-order chi connectivity index (χ0) is 15.9. The van der Waals surface area contributed by atoms with Gasteiger partial charge in [-0.1, -0.05) is 0 Å². The van der Waals surface area contributed by atoms with Crippen molar-refractivity contribution in [3.8, 4) is 0 Å². The quantitative estimate of drug-likeness (QED) is 0.622. The Kier molecular flexibility index (Phi) is 2.34. The molecule has 1 spiro atoms. The molecule has 1 saturated heterocycles. The van der Waals surface area contributed by atoms with Crippen LogP contribution >= 0.6 is 0 Å². The Morgan fingerprint density at radius 1 is 1.36 bits per heavy atom. The smallest absolute Gasteiger partial charge is 0.308 e. The van der Waals surface area contributed by atoms with Crippen LogP contribution < -0.4 is 4.90 Å². The lowest BCUT2D eigenvalue weighted by Gasteiger charge is -2.31. The van der Waals surface area contributed by atoms with Gasteiger partial charge in [0.05, 0.1) is 16.2 Å². The Bertz CT molecular complexity index is 718. The molecule has 0 aromatic heterocycles. The molecule has 1 aromatic rings. The van der Waals surface area contributed by atoms with Gasteiger partial charge in [-0.05, 0) is 25.3 Å². The van der Waals surface area contributed by atoms with Crippen LogP contribution in [0.5, 0.6) is 0 Å². The van der Waals surface area contributed by atoms with Crippen molar-refractivity contribution in [3.63, 3.8) is 0 Å². The van der Waals surface area contributed by atoms with Crippen LogP contribution in [0.25, 0.3) is 0 Å². The van der Waals surface area contributed by atoms with Crippen molar-refractivity contribution in [2.45, 2.75) is 31.5 Å². The average molecular weight is 312 g/mol. The summed E-state index contributed by atoms with van der Waals surface area (Å²) in [5.41, 5.74) is -2.11. The number of nitrogens with zero attached hydrogens (tertiary/aromatic N) is 2. The summed E-state index contributed by atoms with van der Waals surface area (Å²) in [4.78, 5) is 23.4. The lowest BCUT2D eigenvalue weighted by Crippen LogP contribution is -2.36. The van der Waals surface area contributed by atoms with Crippen molar-refractivity contribution >= 4 is 17.3 Å². The monoisotopic (exact) mass is 312 g/mol. The van der Waals surface area contributed by atoms with Crippen LogP contribution in [0.3, 0.4) is 0 Å². The lowest BCUT2D eigenvalue weighted by atomic mass is 9.71. The maximum Gasteiger partial charge on any atom is 0.418 e. The second-order valence-corrected chi connectivity index (χ2v) is 6.21. The maximum atomic E-state index is 13.3. The summed E-state index contributed by atoms with van der Waals surface area (Å²) >= 11 is 0. The molecule has 2 saturated carbocycles. The number of piperidine rings is 1. The predicted molar refractivity (Wildman–Crippen MR) is 69.1 cm³/mol. The molecule has 3 unspecified atom stereocenters. The van der Waals surface area contributed by atoms with Gasteiger partial charge in [-0.15, -0.1) is 0 Å². The Morgan fingerprint density at radius 2 is 2.09 bits per heavy atom. The molecule has 116 valence electrons. The normalized spacial score (nSPS) is 32.3. The zero-order valence-electron chi connectivity index (χ0n) is 11.3. The number of anilines is 1. The van der Waals surface area contributed by atoms with Crippen LogP contribution in [-0.2, 0) is 11.0 Å². The third-order valence-corrected chi connectivity index (χ3v) is 5.27. The molecule has 22 heavy (non-hydrogen) atoms. The number of rotatable bonds is 2. The third-order valence-electron chi connectivity index (χ3n) is 5.27. The van der Waals surface area contributed by atoms with E-state index in [0.717, 1.165) is 31.4 Å². The van der Waals surface area contributed by atoms with Crippen LogP contribution in [0.4, 0.5) is 24.5 Å². The molecule has 3 aliphatic rings. The molecule has 8 heteroatoms. The van der Waals surface area contributed by atoms with Gasteiger partial charge >= 0.3 is 6.18 Å². The number of amides is 1. The molecule has 2 aliphatic carbocycles. The number of alkyl halides is 3. The minimum atomic E-state index is -4.74. The number of nitro benzene ring substituents is 1. The number of carbonyl (C=O) groups excluding carboxylic acids is 1. The second-order valence-electron chi connectivity index (χ2n) is 6.21. The van der Waals surface area contributed by atoms with Gasteiger partial charge in [-0.3, -0.25) is 14.9 Å². The van der Waals surface area contributed by atoms with E-state index < -0.39 is 22.4 Å². The van der Waals surface area contributed by atoms with E-state index in [-0.39, 0.29) is 29.0 Å². The third kappa shape index (κ3) is 1.52. The zero-order valence-corrected chi connectivity index (χ0v) is 11.3. The summed E-state index contributed by atoms with van der Waals surface area (Å²) in [6.07, 6.45) is -2.41. The van der Waals surface area contributed by atoms with Crippen LogP contribution in [0.15, 0.2) is 18.2 Å². The fraction of sp³-hybridized carbons (Fsp3) is 0.500. The SMILES string of the molecule is O=C1C2CCC23CC3N1c1ccc([N+](=O)[O-])cc1C(F)(F)F. The molecule has 0 radical (unpaired) electrons. The molecule has 1 heterocycles. The highest BCUT2D eigenvalue weighted by Gasteiger charge is 2.75. The summed E-state index contributed by atoms with van der Waals surface area (Å²) in [6, 6.07) is 2.40. The van der Waals surface area contributed by atoms with Gasteiger partial charge in [-0.25, -0.2) is 0 Å². The summed E-state index contributed by atoms with van der Waals surface area (Å²) < 4.78 is 39.8. The van der Waals surface area contributed by atoms with E-state index in [1.807, 2.05) is 0 Å². The fourth-order valence-corrected chi connectivity index (χ4v) is 4.00. The van der Waals surface area contributed by atoms with Gasteiger partial charge in [0.15, 0.2) is 0 Å². The average Bonchev–Trinajstić information content (AvgIpc) is 3.10. The van der Waals surface area contributed by atoms with E-state index in [4.69, 9.17) is 0 Å². The number of carbonyl (C=O) groups is 1. The number of halogens is 3. The summed E-state index contributed by atoms with van der Waals surface area (Å²) in [6.45, 7) is 0. The topological polar surface area (TPSA) is 63.5 Å². The maximum absolute atomic E-state index is 13.3. The predicted octanol–water partition coefficient (Wildman–Crippen LogP) is 3.13. The largest absolute Gasteiger partial charge is 0.418 e. The van der Waals surface area contributed by atoms with E-state index in [1.54, 1.807) is 0 Å². The molecule has 4 rings (SSSR count). The van der Waals surface area contributed by atoms with Gasteiger partial charge in [0, 0.05) is 29.5 Å². The first-order chi connectivity index (χ1) is 10.3. The highest BCUT2D eigenvalue weighted by molar-refractivity contribution is 6.02. The highest BCUT2D eigenvalue weighted by Crippen LogP contribution is 2.72. The van der Waals surface area contributed by atoms with Gasteiger partial charge in [-0.2, -0.15) is 13.2 Å². The van der Waals surface area contributed by atoms with E-state index in [2.05, 4.69) is 0 Å². The van der Waals surface area contributed by atoms with Crippen LogP contribution in [-0.4, -0.2) is 16.9 Å². The van der Waals surface area contributed by atoms with Crippen molar-refractivity contribution in [3.05, 3.63) is 33.9 Å². The molecule has 0 N–H and O–H groups in total. The lowest BCUT2D eigenvalue weighted by molar-refractivity contribution is -0.385. The first kappa shape index (κ1) is 13.5. The van der Waals surface area contributed by atoms with E-state index >= 15 is 0 Å². The van der Waals surface area contributed by atoms with E-state index in [9.17, 15) is 28.1 Å². The number of benzene rings is 1. The Morgan fingerprint density at radius 3 is 2.55 bits per heavy atom. The van der Waals surface area contributed by atoms with Crippen molar-refractivity contribution in [1.82, 2.24) is 0 Å². The van der Waals surface area contributed by atoms with Crippen LogP contribution in [0.2, 0.25) is 0 Å². The molecule has 3 atom stereocenters. The van der Waals surface area contributed by atoms with Gasteiger partial charge < -0.3 is 4.90 Å². The summed E-state index contributed by atoms with van der Waals surface area (Å²) in [7, 11) is 0. The molecule has 0 bridgehead atoms. The van der Waals surface area contributed by atoms with Gasteiger partial charge in [0.2, 0.25) is 5.91 Å². The molecule has 1 amide bonds. The Labute approximate surface area is 122 Å². The van der Waals surface area contributed by atoms with Crippen LogP contribution in [0.1, 0.15) is 24.8 Å². The molecule has 1 aliphatic heterocycles. The van der Waals surface area contributed by atoms with Gasteiger partial charge in [0.25, 0.3) is 5.69 Å². The molecule has 1 aromatic carbocycles. The minimum absolute atomic E-state index is 0.123. The van der Waals surface area contributed by atoms with Crippen molar-refractivity contribution < 1.29 is 22.9 Å². The molecule has 3 fully saturated rings. The fourth-order valence-electron chi connectivity index (χ4n) is 4.00.